The first kappa shape index (κ1) is 13.7. The van der Waals surface area contributed by atoms with E-state index in [2.05, 4.69) is 43.9 Å². The summed E-state index contributed by atoms with van der Waals surface area (Å²) in [6.45, 7) is 4.84. The van der Waals surface area contributed by atoms with Crippen LogP contribution < -0.4 is 4.90 Å². The van der Waals surface area contributed by atoms with E-state index in [1.807, 2.05) is 0 Å². The lowest BCUT2D eigenvalue weighted by molar-refractivity contribution is 0.260. The molecule has 104 valence electrons. The zero-order valence-corrected chi connectivity index (χ0v) is 13.5. The molecule has 2 heterocycles. The van der Waals surface area contributed by atoms with Crippen LogP contribution in [0.1, 0.15) is 24.8 Å². The maximum absolute atomic E-state index is 6.42. The Hall–Kier alpha value is -0.250. The molecule has 2 saturated heterocycles. The third-order valence-corrected chi connectivity index (χ3v) is 5.28. The Kier molecular flexibility index (Phi) is 4.35. The number of benzene rings is 1. The summed E-state index contributed by atoms with van der Waals surface area (Å²) in [6.07, 6.45) is 4.02. The van der Waals surface area contributed by atoms with Crippen molar-refractivity contribution in [3.63, 3.8) is 0 Å². The molecule has 0 bridgehead atoms. The summed E-state index contributed by atoms with van der Waals surface area (Å²) in [6, 6.07) is 7.15. The lowest BCUT2D eigenvalue weighted by atomic mass is 10.2. The van der Waals surface area contributed by atoms with Crippen molar-refractivity contribution in [2.45, 2.75) is 30.6 Å². The van der Waals surface area contributed by atoms with Gasteiger partial charge in [-0.3, -0.25) is 4.90 Å². The minimum absolute atomic E-state index is 0.731. The van der Waals surface area contributed by atoms with E-state index < -0.39 is 0 Å². The second-order valence-electron chi connectivity index (χ2n) is 5.55. The van der Waals surface area contributed by atoms with Crippen LogP contribution in [0.25, 0.3) is 0 Å². The van der Waals surface area contributed by atoms with Gasteiger partial charge in [-0.05, 0) is 50.0 Å². The highest BCUT2D eigenvalue weighted by molar-refractivity contribution is 9.08. The van der Waals surface area contributed by atoms with Crippen molar-refractivity contribution < 1.29 is 0 Å². The van der Waals surface area contributed by atoms with E-state index in [1.54, 1.807) is 0 Å². The number of hydrogen-bond donors (Lipinski definition) is 0. The molecule has 2 aliphatic heterocycles. The molecule has 4 heteroatoms. The number of alkyl halides is 1. The average Bonchev–Trinajstić information content (AvgIpc) is 3.09. The van der Waals surface area contributed by atoms with Crippen molar-refractivity contribution in [1.29, 1.82) is 0 Å². The SMILES string of the molecule is Clc1cc(CBr)ccc1N1CCC(N2CCCC2)C1. The monoisotopic (exact) mass is 342 g/mol. The van der Waals surface area contributed by atoms with Gasteiger partial charge in [0.1, 0.15) is 0 Å². The van der Waals surface area contributed by atoms with Crippen LogP contribution in [-0.2, 0) is 5.33 Å². The van der Waals surface area contributed by atoms with Gasteiger partial charge in [-0.2, -0.15) is 0 Å². The fourth-order valence-corrected chi connectivity index (χ4v) is 3.93. The zero-order valence-electron chi connectivity index (χ0n) is 11.1. The van der Waals surface area contributed by atoms with Gasteiger partial charge in [0.05, 0.1) is 10.7 Å². The summed E-state index contributed by atoms with van der Waals surface area (Å²) in [5.41, 5.74) is 2.44. The summed E-state index contributed by atoms with van der Waals surface area (Å²) < 4.78 is 0. The van der Waals surface area contributed by atoms with Gasteiger partial charge in [0.15, 0.2) is 0 Å². The van der Waals surface area contributed by atoms with Gasteiger partial charge in [0, 0.05) is 24.5 Å². The second kappa shape index (κ2) is 6.02. The third kappa shape index (κ3) is 2.93. The molecule has 0 radical (unpaired) electrons. The van der Waals surface area contributed by atoms with Gasteiger partial charge < -0.3 is 4.90 Å². The molecule has 0 aromatic heterocycles. The second-order valence-corrected chi connectivity index (χ2v) is 6.52. The minimum Gasteiger partial charge on any atom is -0.369 e. The van der Waals surface area contributed by atoms with Crippen molar-refractivity contribution in [3.05, 3.63) is 28.8 Å². The first-order chi connectivity index (χ1) is 9.28. The Morgan fingerprint density at radius 3 is 2.68 bits per heavy atom. The van der Waals surface area contributed by atoms with E-state index in [9.17, 15) is 0 Å². The van der Waals surface area contributed by atoms with Gasteiger partial charge in [0.2, 0.25) is 0 Å². The van der Waals surface area contributed by atoms with E-state index in [-0.39, 0.29) is 0 Å². The summed E-state index contributed by atoms with van der Waals surface area (Å²) in [5.74, 6) is 0. The van der Waals surface area contributed by atoms with Crippen LogP contribution in [0.15, 0.2) is 18.2 Å². The Bertz CT molecular complexity index is 446. The van der Waals surface area contributed by atoms with Crippen molar-refractivity contribution in [3.8, 4) is 0 Å². The Labute approximate surface area is 128 Å². The maximum atomic E-state index is 6.42. The van der Waals surface area contributed by atoms with E-state index in [0.29, 0.717) is 0 Å². The normalized spacial score (nSPS) is 24.3. The predicted octanol–water partition coefficient (Wildman–Crippen LogP) is 3.91. The topological polar surface area (TPSA) is 6.48 Å². The van der Waals surface area contributed by atoms with Crippen LogP contribution in [0.5, 0.6) is 0 Å². The molecular weight excluding hydrogens is 324 g/mol. The predicted molar refractivity (Wildman–Crippen MR) is 85.5 cm³/mol. The molecule has 1 aromatic rings. The van der Waals surface area contributed by atoms with E-state index in [4.69, 9.17) is 11.6 Å². The van der Waals surface area contributed by atoms with Crippen LogP contribution in [0.2, 0.25) is 5.02 Å². The van der Waals surface area contributed by atoms with Crippen LogP contribution in [0.4, 0.5) is 5.69 Å². The number of rotatable bonds is 3. The molecule has 19 heavy (non-hydrogen) atoms. The Morgan fingerprint density at radius 1 is 1.21 bits per heavy atom. The van der Waals surface area contributed by atoms with Crippen molar-refractivity contribution in [2.24, 2.45) is 0 Å². The first-order valence-electron chi connectivity index (χ1n) is 7.11. The summed E-state index contributed by atoms with van der Waals surface area (Å²) in [5, 5.41) is 1.75. The minimum atomic E-state index is 0.731. The molecular formula is C15H20BrClN2. The summed E-state index contributed by atoms with van der Waals surface area (Å²) >= 11 is 9.89. The van der Waals surface area contributed by atoms with Gasteiger partial charge in [-0.15, -0.1) is 0 Å². The summed E-state index contributed by atoms with van der Waals surface area (Å²) in [4.78, 5) is 5.10. The van der Waals surface area contributed by atoms with Crippen molar-refractivity contribution >= 4 is 33.2 Å². The lowest BCUT2D eigenvalue weighted by Gasteiger charge is -2.25. The molecule has 3 rings (SSSR count). The smallest absolute Gasteiger partial charge is 0.0642 e. The Morgan fingerprint density at radius 2 is 2.00 bits per heavy atom. The van der Waals surface area contributed by atoms with Crippen LogP contribution in [-0.4, -0.2) is 37.1 Å². The standard InChI is InChI=1S/C15H20BrClN2/c16-10-12-3-4-15(14(17)9-12)19-8-5-13(11-19)18-6-1-2-7-18/h3-4,9,13H,1-2,5-8,10-11H2. The molecule has 1 unspecified atom stereocenters. The lowest BCUT2D eigenvalue weighted by Crippen LogP contribution is -2.35. The summed E-state index contributed by atoms with van der Waals surface area (Å²) in [7, 11) is 0. The molecule has 0 saturated carbocycles. The third-order valence-electron chi connectivity index (χ3n) is 4.33. The molecule has 0 spiro atoms. The zero-order chi connectivity index (χ0) is 13.2. The van der Waals surface area contributed by atoms with E-state index in [1.165, 1.54) is 43.6 Å². The fraction of sp³-hybridized carbons (Fsp3) is 0.600. The van der Waals surface area contributed by atoms with Gasteiger partial charge >= 0.3 is 0 Å². The molecule has 2 nitrogen and oxygen atoms in total. The molecule has 1 atom stereocenters. The van der Waals surface area contributed by atoms with E-state index >= 15 is 0 Å². The molecule has 2 fully saturated rings. The van der Waals surface area contributed by atoms with Gasteiger partial charge in [-0.1, -0.05) is 33.6 Å². The molecule has 2 aliphatic rings. The number of halogens is 2. The number of likely N-dealkylation sites (tertiary alicyclic amines) is 1. The average molecular weight is 344 g/mol. The first-order valence-corrected chi connectivity index (χ1v) is 8.61. The van der Waals surface area contributed by atoms with Crippen LogP contribution in [0.3, 0.4) is 0 Å². The van der Waals surface area contributed by atoms with Gasteiger partial charge in [-0.25, -0.2) is 0 Å². The quantitative estimate of drug-likeness (QED) is 0.768. The number of nitrogens with zero attached hydrogens (tertiary/aromatic N) is 2. The molecule has 0 aliphatic carbocycles. The molecule has 0 N–H and O–H groups in total. The van der Waals surface area contributed by atoms with Crippen LogP contribution in [0, 0.1) is 0 Å². The highest BCUT2D eigenvalue weighted by atomic mass is 79.9. The fourth-order valence-electron chi connectivity index (χ4n) is 3.26. The van der Waals surface area contributed by atoms with Crippen molar-refractivity contribution in [1.82, 2.24) is 4.90 Å². The Balaban J connectivity index is 1.70. The largest absolute Gasteiger partial charge is 0.369 e. The van der Waals surface area contributed by atoms with Crippen LogP contribution >= 0.6 is 27.5 Å². The highest BCUT2D eigenvalue weighted by Crippen LogP contribution is 2.31. The molecule has 1 aromatic carbocycles. The maximum Gasteiger partial charge on any atom is 0.0642 e. The highest BCUT2D eigenvalue weighted by Gasteiger charge is 2.29. The number of hydrogen-bond acceptors (Lipinski definition) is 2. The van der Waals surface area contributed by atoms with Crippen molar-refractivity contribution in [2.75, 3.05) is 31.1 Å². The van der Waals surface area contributed by atoms with E-state index in [0.717, 1.165) is 29.5 Å². The molecule has 0 amide bonds. The van der Waals surface area contributed by atoms with Gasteiger partial charge in [0.25, 0.3) is 0 Å². The number of anilines is 1.